The van der Waals surface area contributed by atoms with E-state index in [4.69, 9.17) is 0 Å². The lowest BCUT2D eigenvalue weighted by Gasteiger charge is -2.08. The molecule has 0 amide bonds. The molecule has 156 valence electrons. The van der Waals surface area contributed by atoms with Crippen LogP contribution in [-0.4, -0.2) is 36.6 Å². The van der Waals surface area contributed by atoms with Gasteiger partial charge in [-0.25, -0.2) is 14.5 Å². The lowest BCUT2D eigenvalue weighted by Crippen LogP contribution is -2.09. The van der Waals surface area contributed by atoms with Gasteiger partial charge in [0.1, 0.15) is 5.82 Å². The number of carboxylic acid groups (broad SMARTS) is 1. The number of carbonyl (C=O) groups excluding carboxylic acids is 1. The molecule has 3 rings (SSSR count). The molecule has 0 saturated heterocycles. The molecule has 1 aromatic carbocycles. The van der Waals surface area contributed by atoms with Crippen molar-refractivity contribution in [3.63, 3.8) is 0 Å². The van der Waals surface area contributed by atoms with E-state index >= 15 is 0 Å². The van der Waals surface area contributed by atoms with Gasteiger partial charge in [0.15, 0.2) is 0 Å². The van der Waals surface area contributed by atoms with Crippen molar-refractivity contribution in [2.75, 3.05) is 0 Å². The molecule has 7 heteroatoms. The molecule has 0 fully saturated rings. The maximum absolute atomic E-state index is 12.2. The maximum Gasteiger partial charge on any atom is 0.336 e. The second-order valence-corrected chi connectivity index (χ2v) is 7.17. The highest BCUT2D eigenvalue weighted by Gasteiger charge is 2.16. The zero-order chi connectivity index (χ0) is 21.5. The van der Waals surface area contributed by atoms with Crippen LogP contribution in [0.1, 0.15) is 72.0 Å². The van der Waals surface area contributed by atoms with Crippen LogP contribution in [0.15, 0.2) is 42.6 Å². The second-order valence-electron chi connectivity index (χ2n) is 7.17. The van der Waals surface area contributed by atoms with Crippen molar-refractivity contribution in [2.45, 2.75) is 52.5 Å². The highest BCUT2D eigenvalue weighted by molar-refractivity contribution is 5.95. The zero-order valence-electron chi connectivity index (χ0n) is 17.3. The summed E-state index contributed by atoms with van der Waals surface area (Å²) in [6.07, 6.45) is 5.63. The monoisotopic (exact) mass is 406 g/mol. The first-order valence-corrected chi connectivity index (χ1v) is 10.3. The van der Waals surface area contributed by atoms with E-state index in [2.05, 4.69) is 22.0 Å². The Morgan fingerprint density at radius 2 is 1.87 bits per heavy atom. The normalized spacial score (nSPS) is 10.9. The van der Waals surface area contributed by atoms with Crippen LogP contribution in [-0.2, 0) is 13.0 Å². The van der Waals surface area contributed by atoms with Gasteiger partial charge >= 0.3 is 5.97 Å². The Morgan fingerprint density at radius 3 is 2.53 bits per heavy atom. The summed E-state index contributed by atoms with van der Waals surface area (Å²) in [5.74, 6) is 0.0538. The summed E-state index contributed by atoms with van der Waals surface area (Å²) in [7, 11) is 0. The number of unbranched alkanes of at least 4 members (excludes halogenated alkanes) is 1. The lowest BCUT2D eigenvalue weighted by molar-refractivity contribution is 0.0697. The van der Waals surface area contributed by atoms with Crippen LogP contribution in [0.3, 0.4) is 0 Å². The van der Waals surface area contributed by atoms with Crippen molar-refractivity contribution in [2.24, 2.45) is 0 Å². The minimum Gasteiger partial charge on any atom is -0.478 e. The third-order valence-electron chi connectivity index (χ3n) is 4.83. The van der Waals surface area contributed by atoms with Gasteiger partial charge in [-0.15, -0.1) is 5.10 Å². The minimum absolute atomic E-state index is 0.0393. The van der Waals surface area contributed by atoms with E-state index < -0.39 is 5.97 Å². The fraction of sp³-hybridized carbons (Fsp3) is 0.348. The minimum atomic E-state index is -0.970. The first-order valence-electron chi connectivity index (χ1n) is 10.3. The number of carboxylic acids is 1. The highest BCUT2D eigenvalue weighted by Crippen LogP contribution is 2.23. The Balaban J connectivity index is 1.84. The van der Waals surface area contributed by atoms with E-state index in [1.165, 1.54) is 0 Å². The molecule has 0 aliphatic carbocycles. The Bertz CT molecular complexity index is 1030. The number of Topliss-reactive ketones (excluding diaryl/α,β-unsaturated/α-hetero) is 1. The van der Waals surface area contributed by atoms with Crippen LogP contribution in [0.4, 0.5) is 0 Å². The summed E-state index contributed by atoms with van der Waals surface area (Å²) in [4.78, 5) is 32.7. The molecule has 0 saturated carbocycles. The first kappa shape index (κ1) is 21.4. The fourth-order valence-corrected chi connectivity index (χ4v) is 3.23. The summed E-state index contributed by atoms with van der Waals surface area (Å²) in [6, 6.07) is 10.6. The smallest absolute Gasteiger partial charge is 0.336 e. The molecule has 30 heavy (non-hydrogen) atoms. The Hall–Kier alpha value is -3.35. The number of aryl methyl sites for hydroxylation is 1. The number of benzene rings is 1. The van der Waals surface area contributed by atoms with Gasteiger partial charge in [-0.05, 0) is 30.5 Å². The zero-order valence-corrected chi connectivity index (χ0v) is 17.3. The van der Waals surface area contributed by atoms with Crippen LogP contribution in [0, 0.1) is 0 Å². The van der Waals surface area contributed by atoms with Gasteiger partial charge in [-0.3, -0.25) is 9.78 Å². The molecular weight excluding hydrogens is 380 g/mol. The van der Waals surface area contributed by atoms with E-state index in [0.29, 0.717) is 18.5 Å². The van der Waals surface area contributed by atoms with Crippen molar-refractivity contribution in [1.82, 2.24) is 19.7 Å². The van der Waals surface area contributed by atoms with E-state index in [-0.39, 0.29) is 17.2 Å². The molecule has 2 heterocycles. The number of carbonyl (C=O) groups is 2. The number of pyridine rings is 1. The number of hydrogen-bond donors (Lipinski definition) is 1. The van der Waals surface area contributed by atoms with Gasteiger partial charge in [0.2, 0.25) is 11.6 Å². The average molecular weight is 406 g/mol. The molecule has 0 unspecified atom stereocenters. The van der Waals surface area contributed by atoms with Crippen molar-refractivity contribution < 1.29 is 14.7 Å². The number of aromatic nitrogens is 4. The fourth-order valence-electron chi connectivity index (χ4n) is 3.23. The summed E-state index contributed by atoms with van der Waals surface area (Å²) in [6.45, 7) is 4.48. The Kier molecular flexibility index (Phi) is 7.06. The average Bonchev–Trinajstić information content (AvgIpc) is 3.15. The SMILES string of the molecule is CCCCc1nc(C(=O)CCC)nn1Cc1ccc(-c2ccccc2C(=O)O)cn1. The molecule has 0 atom stereocenters. The molecule has 3 aromatic rings. The Labute approximate surface area is 175 Å². The number of ketones is 1. The van der Waals surface area contributed by atoms with Gasteiger partial charge in [0, 0.05) is 24.6 Å². The van der Waals surface area contributed by atoms with Gasteiger partial charge in [0.05, 0.1) is 17.8 Å². The van der Waals surface area contributed by atoms with Crippen LogP contribution in [0.5, 0.6) is 0 Å². The molecule has 2 aromatic heterocycles. The largest absolute Gasteiger partial charge is 0.478 e. The maximum atomic E-state index is 12.2. The van der Waals surface area contributed by atoms with Crippen LogP contribution in [0.25, 0.3) is 11.1 Å². The van der Waals surface area contributed by atoms with Crippen LogP contribution < -0.4 is 0 Å². The molecule has 1 N–H and O–H groups in total. The summed E-state index contributed by atoms with van der Waals surface area (Å²) < 4.78 is 1.76. The predicted molar refractivity (Wildman–Crippen MR) is 114 cm³/mol. The van der Waals surface area contributed by atoms with Crippen molar-refractivity contribution >= 4 is 11.8 Å². The number of aromatic carboxylic acids is 1. The van der Waals surface area contributed by atoms with Crippen LogP contribution >= 0.6 is 0 Å². The predicted octanol–water partition coefficient (Wildman–Crippen LogP) is 4.41. The number of rotatable bonds is 10. The Morgan fingerprint density at radius 1 is 1.07 bits per heavy atom. The third-order valence-corrected chi connectivity index (χ3v) is 4.83. The summed E-state index contributed by atoms with van der Waals surface area (Å²) in [5, 5.41) is 13.8. The van der Waals surface area contributed by atoms with E-state index in [9.17, 15) is 14.7 Å². The van der Waals surface area contributed by atoms with Crippen molar-refractivity contribution in [3.05, 3.63) is 65.5 Å². The summed E-state index contributed by atoms with van der Waals surface area (Å²) >= 11 is 0. The molecule has 7 nitrogen and oxygen atoms in total. The van der Waals surface area contributed by atoms with Crippen LogP contribution in [0.2, 0.25) is 0 Å². The third kappa shape index (κ3) is 4.97. The molecule has 0 aliphatic heterocycles. The van der Waals surface area contributed by atoms with Gasteiger partial charge < -0.3 is 5.11 Å². The molecular formula is C23H26N4O3. The molecule has 0 bridgehead atoms. The van der Waals surface area contributed by atoms with Gasteiger partial charge in [-0.1, -0.05) is 44.5 Å². The van der Waals surface area contributed by atoms with E-state index in [1.54, 1.807) is 35.1 Å². The molecule has 0 spiro atoms. The van der Waals surface area contributed by atoms with E-state index in [0.717, 1.165) is 42.8 Å². The van der Waals surface area contributed by atoms with Crippen molar-refractivity contribution in [3.8, 4) is 11.1 Å². The summed E-state index contributed by atoms with van der Waals surface area (Å²) in [5.41, 5.74) is 2.37. The quantitative estimate of drug-likeness (QED) is 0.501. The highest BCUT2D eigenvalue weighted by atomic mass is 16.4. The standard InChI is InChI=1S/C23H26N4O3/c1-3-5-11-21-25-22(20(28)8-4-2)26-27(21)15-17-13-12-16(14-24-17)18-9-6-7-10-19(18)23(29)30/h6-7,9-10,12-14H,3-5,8,11,15H2,1-2H3,(H,29,30). The first-order chi connectivity index (χ1) is 14.5. The van der Waals surface area contributed by atoms with Crippen molar-refractivity contribution in [1.29, 1.82) is 0 Å². The number of nitrogens with zero attached hydrogens (tertiary/aromatic N) is 4. The topological polar surface area (TPSA) is 98.0 Å². The van der Waals surface area contributed by atoms with Gasteiger partial charge in [-0.2, -0.15) is 0 Å². The second kappa shape index (κ2) is 9.91. The molecule has 0 radical (unpaired) electrons. The number of hydrogen-bond acceptors (Lipinski definition) is 5. The molecule has 0 aliphatic rings. The van der Waals surface area contributed by atoms with E-state index in [1.807, 2.05) is 19.1 Å². The van der Waals surface area contributed by atoms with Gasteiger partial charge in [0.25, 0.3) is 0 Å². The lowest BCUT2D eigenvalue weighted by atomic mass is 10.0.